The highest BCUT2D eigenvalue weighted by atomic mass is 35.5. The maximum atomic E-state index is 12.8. The van der Waals surface area contributed by atoms with E-state index in [4.69, 9.17) is 23.8 Å². The van der Waals surface area contributed by atoms with E-state index in [1.54, 1.807) is 42.6 Å². The molecule has 0 saturated carbocycles. The zero-order valence-electron chi connectivity index (χ0n) is 24.4. The average molecular weight is 558 g/mol. The Balaban J connectivity index is 1.68. The van der Waals surface area contributed by atoms with Crippen LogP contribution in [0.25, 0.3) is 10.9 Å². The van der Waals surface area contributed by atoms with Gasteiger partial charge < -0.3 is 19.7 Å². The van der Waals surface area contributed by atoms with Crippen molar-refractivity contribution in [1.29, 1.82) is 5.26 Å². The minimum Gasteiger partial charge on any atom is -0.494 e. The third kappa shape index (κ3) is 7.35. The second-order valence-electron chi connectivity index (χ2n) is 9.13. The van der Waals surface area contributed by atoms with Crippen molar-refractivity contribution in [3.63, 3.8) is 0 Å². The molecule has 0 spiro atoms. The van der Waals surface area contributed by atoms with E-state index >= 15 is 0 Å². The second-order valence-corrected chi connectivity index (χ2v) is 9.54. The summed E-state index contributed by atoms with van der Waals surface area (Å²) >= 11 is 6.52. The van der Waals surface area contributed by atoms with E-state index in [9.17, 15) is 10.1 Å². The number of carbonyl (C=O) groups is 1. The highest BCUT2D eigenvalue weighted by Crippen LogP contribution is 2.36. The zero-order valence-corrected chi connectivity index (χ0v) is 23.2. The molecule has 0 fully saturated rings. The lowest BCUT2D eigenvalue weighted by atomic mass is 10.0. The van der Waals surface area contributed by atoms with Crippen molar-refractivity contribution >= 4 is 39.7 Å². The lowest BCUT2D eigenvalue weighted by Crippen LogP contribution is -2.11. The van der Waals surface area contributed by atoms with Gasteiger partial charge in [0.25, 0.3) is 0 Å². The molecule has 0 atom stereocenters. The Kier molecular flexibility index (Phi) is 8.75. The van der Waals surface area contributed by atoms with Crippen molar-refractivity contribution in [2.75, 3.05) is 32.5 Å². The molecule has 0 amide bonds. The molecule has 0 aliphatic heterocycles. The van der Waals surface area contributed by atoms with Crippen LogP contribution in [0.4, 0.5) is 11.4 Å². The molecule has 2 heterocycles. The fourth-order valence-corrected chi connectivity index (χ4v) is 4.18. The van der Waals surface area contributed by atoms with Gasteiger partial charge in [-0.25, -0.2) is 0 Å². The number of pyridine rings is 2. The van der Waals surface area contributed by atoms with Crippen LogP contribution in [0.2, 0.25) is 5.02 Å². The van der Waals surface area contributed by atoms with Gasteiger partial charge in [0.1, 0.15) is 24.2 Å². The molecule has 0 unspecified atom stereocenters. The van der Waals surface area contributed by atoms with Crippen LogP contribution in [0.15, 0.2) is 73.1 Å². The summed E-state index contributed by atoms with van der Waals surface area (Å²) in [4.78, 5) is 23.4. The van der Waals surface area contributed by atoms with E-state index in [-0.39, 0.29) is 30.1 Å². The number of nitriles is 1. The molecule has 0 saturated heterocycles. The summed E-state index contributed by atoms with van der Waals surface area (Å²) in [6, 6.07) is 16.2. The van der Waals surface area contributed by atoms with Gasteiger partial charge in [-0.2, -0.15) is 5.26 Å². The number of likely N-dealkylation sites (N-methyl/N-ethyl adjacent to an activating group) is 1. The Labute approximate surface area is 241 Å². The number of ether oxygens (including phenoxy) is 2. The van der Waals surface area contributed by atoms with Crippen molar-refractivity contribution in [1.82, 2.24) is 14.9 Å². The number of benzene rings is 2. The number of rotatable bonds is 12. The molecule has 0 aliphatic carbocycles. The predicted molar refractivity (Wildman–Crippen MR) is 157 cm³/mol. The number of anilines is 2. The first kappa shape index (κ1) is 25.8. The van der Waals surface area contributed by atoms with Crippen LogP contribution in [0, 0.1) is 11.3 Å². The summed E-state index contributed by atoms with van der Waals surface area (Å²) in [7, 11) is 3.80. The third-order valence-corrected chi connectivity index (χ3v) is 6.12. The van der Waals surface area contributed by atoms with E-state index < -0.39 is 6.56 Å². The molecule has 9 heteroatoms. The third-order valence-electron chi connectivity index (χ3n) is 5.82. The van der Waals surface area contributed by atoms with Crippen molar-refractivity contribution in [2.45, 2.75) is 20.0 Å². The standard InChI is InChI=1S/C31H30ClN5O3/c1-4-39-30-17-28-26(15-21(30)14-25(38)9-7-13-37(2)3)31(22(18-33)19-35-28)36-23-10-11-29(27(32)16-23)40-20-24-8-5-6-12-34-24/h5-12,15-17,19H,4,13-14,20H2,1-3H3,(H,35,36)/b9-7+/i4D2. The number of hydrogen-bond donors (Lipinski definition) is 1. The number of hydrogen-bond acceptors (Lipinski definition) is 8. The molecule has 0 radical (unpaired) electrons. The second kappa shape index (κ2) is 13.6. The molecule has 1 N–H and O–H groups in total. The van der Waals surface area contributed by atoms with Crippen molar-refractivity contribution < 1.29 is 17.0 Å². The molecular formula is C31H30ClN5O3. The number of allylic oxidation sites excluding steroid dienone is 1. The zero-order chi connectivity index (χ0) is 30.3. The normalized spacial score (nSPS) is 12.2. The van der Waals surface area contributed by atoms with E-state index in [2.05, 4.69) is 21.4 Å². The fourth-order valence-electron chi connectivity index (χ4n) is 3.94. The first-order valence-corrected chi connectivity index (χ1v) is 12.9. The number of ketones is 1. The number of nitrogens with zero attached hydrogens (tertiary/aromatic N) is 4. The SMILES string of the molecule is [2H]C([2H])(C)Oc1cc2ncc(C#N)c(Nc3ccc(OCc4ccccn4)c(Cl)c3)c2cc1CC(=O)/C=C/CN(C)C. The first-order chi connectivity index (χ1) is 20.0. The van der Waals surface area contributed by atoms with Gasteiger partial charge in [0.05, 0.1) is 36.8 Å². The molecule has 2 aromatic carbocycles. The average Bonchev–Trinajstić information content (AvgIpc) is 2.93. The molecule has 4 rings (SSSR count). The summed E-state index contributed by atoms with van der Waals surface area (Å²) in [5.41, 5.74) is 3.02. The van der Waals surface area contributed by atoms with E-state index in [0.29, 0.717) is 45.2 Å². The first-order valence-electron chi connectivity index (χ1n) is 13.5. The Bertz CT molecular complexity index is 1650. The number of aromatic nitrogens is 2. The van der Waals surface area contributed by atoms with Gasteiger partial charge >= 0.3 is 0 Å². The quantitative estimate of drug-likeness (QED) is 0.208. The van der Waals surface area contributed by atoms with Gasteiger partial charge in [-0.3, -0.25) is 14.8 Å². The van der Waals surface area contributed by atoms with Crippen molar-refractivity contribution in [3.8, 4) is 17.6 Å². The Morgan fingerprint density at radius 2 is 2.02 bits per heavy atom. The lowest BCUT2D eigenvalue weighted by Gasteiger charge is -2.16. The van der Waals surface area contributed by atoms with Gasteiger partial charge in [-0.05, 0) is 63.5 Å². The number of fused-ring (bicyclic) bond motifs is 1. The maximum absolute atomic E-state index is 12.8. The van der Waals surface area contributed by atoms with Gasteiger partial charge in [-0.1, -0.05) is 23.7 Å². The number of halogens is 1. The largest absolute Gasteiger partial charge is 0.494 e. The smallest absolute Gasteiger partial charge is 0.159 e. The molecule has 0 aliphatic rings. The summed E-state index contributed by atoms with van der Waals surface area (Å²) in [6.07, 6.45) is 6.34. The van der Waals surface area contributed by atoms with Crippen LogP contribution in [-0.4, -0.2) is 47.9 Å². The van der Waals surface area contributed by atoms with Crippen LogP contribution in [-0.2, 0) is 17.8 Å². The molecular weight excluding hydrogens is 526 g/mol. The van der Waals surface area contributed by atoms with Crippen LogP contribution in [0.3, 0.4) is 0 Å². The number of carbonyl (C=O) groups excluding carboxylic acids is 1. The monoisotopic (exact) mass is 557 g/mol. The Morgan fingerprint density at radius 3 is 2.73 bits per heavy atom. The van der Waals surface area contributed by atoms with Crippen LogP contribution < -0.4 is 14.8 Å². The van der Waals surface area contributed by atoms with Crippen LogP contribution >= 0.6 is 11.6 Å². The topological polar surface area (TPSA) is 100 Å². The van der Waals surface area contributed by atoms with Gasteiger partial charge in [0, 0.05) is 48.1 Å². The van der Waals surface area contributed by atoms with E-state index in [1.807, 2.05) is 37.2 Å². The molecule has 0 bridgehead atoms. The van der Waals surface area contributed by atoms with Crippen molar-refractivity contribution in [3.05, 3.63) is 94.9 Å². The molecule has 204 valence electrons. The molecule has 8 nitrogen and oxygen atoms in total. The predicted octanol–water partition coefficient (Wildman–Crippen LogP) is 6.11. The summed E-state index contributed by atoms with van der Waals surface area (Å²) in [6.45, 7) is 0.152. The summed E-state index contributed by atoms with van der Waals surface area (Å²) in [5.74, 6) is 0.501. The minimum absolute atomic E-state index is 0.0321. The summed E-state index contributed by atoms with van der Waals surface area (Å²) in [5, 5.41) is 14.1. The van der Waals surface area contributed by atoms with Crippen LogP contribution in [0.1, 0.15) is 26.5 Å². The highest BCUT2D eigenvalue weighted by Gasteiger charge is 2.16. The van der Waals surface area contributed by atoms with E-state index in [1.165, 1.54) is 19.2 Å². The van der Waals surface area contributed by atoms with Gasteiger partial charge in [-0.15, -0.1) is 0 Å². The maximum Gasteiger partial charge on any atom is 0.159 e. The Morgan fingerprint density at radius 1 is 1.18 bits per heavy atom. The van der Waals surface area contributed by atoms with Crippen molar-refractivity contribution in [2.24, 2.45) is 0 Å². The summed E-state index contributed by atoms with van der Waals surface area (Å²) < 4.78 is 27.2. The lowest BCUT2D eigenvalue weighted by molar-refractivity contribution is -0.114. The minimum atomic E-state index is -1.99. The molecule has 4 aromatic rings. The van der Waals surface area contributed by atoms with Crippen LogP contribution in [0.5, 0.6) is 11.5 Å². The molecule has 40 heavy (non-hydrogen) atoms. The Hall–Kier alpha value is -4.45. The molecule has 2 aromatic heterocycles. The van der Waals surface area contributed by atoms with Gasteiger partial charge in [0.2, 0.25) is 0 Å². The van der Waals surface area contributed by atoms with E-state index in [0.717, 1.165) is 5.69 Å². The highest BCUT2D eigenvalue weighted by molar-refractivity contribution is 6.32. The van der Waals surface area contributed by atoms with Gasteiger partial charge in [0.15, 0.2) is 5.78 Å². The fraction of sp³-hybridized carbons (Fsp3) is 0.226. The number of nitrogens with one attached hydrogen (secondary N) is 1.